The Labute approximate surface area is 113 Å². The third kappa shape index (κ3) is 3.33. The Kier molecular flexibility index (Phi) is 4.76. The summed E-state index contributed by atoms with van der Waals surface area (Å²) in [4.78, 5) is 0. The fourth-order valence-corrected chi connectivity index (χ4v) is 2.31. The van der Waals surface area contributed by atoms with Crippen LogP contribution in [0, 0.1) is 0 Å². The summed E-state index contributed by atoms with van der Waals surface area (Å²) in [5.41, 5.74) is 5.21. The van der Waals surface area contributed by atoms with Gasteiger partial charge in [0.2, 0.25) is 0 Å². The van der Waals surface area contributed by atoms with Gasteiger partial charge in [-0.05, 0) is 30.0 Å². The zero-order chi connectivity index (χ0) is 12.8. The maximum atomic E-state index is 6.18. The number of aryl methyl sites for hydroxylation is 1. The molecule has 0 aromatic heterocycles. The molecule has 2 rings (SSSR count). The third-order valence-electron chi connectivity index (χ3n) is 3.05. The van der Waals surface area contributed by atoms with Crippen molar-refractivity contribution >= 4 is 11.6 Å². The van der Waals surface area contributed by atoms with Crippen LogP contribution in [0.2, 0.25) is 5.02 Å². The highest BCUT2D eigenvalue weighted by molar-refractivity contribution is 6.31. The predicted octanol–water partition coefficient (Wildman–Crippen LogP) is 3.48. The zero-order valence-corrected chi connectivity index (χ0v) is 10.9. The van der Waals surface area contributed by atoms with Gasteiger partial charge in [0, 0.05) is 11.1 Å². The van der Waals surface area contributed by atoms with E-state index in [0.29, 0.717) is 0 Å². The molecule has 0 spiro atoms. The first-order chi connectivity index (χ1) is 8.81. The van der Waals surface area contributed by atoms with Crippen molar-refractivity contribution in [2.24, 2.45) is 5.84 Å². The van der Waals surface area contributed by atoms with Crippen molar-refractivity contribution in [3.05, 3.63) is 70.7 Å². The van der Waals surface area contributed by atoms with Crippen LogP contribution in [-0.2, 0) is 6.42 Å². The van der Waals surface area contributed by atoms with Crippen molar-refractivity contribution in [1.82, 2.24) is 5.43 Å². The normalized spacial score (nSPS) is 12.3. The molecule has 94 valence electrons. The minimum absolute atomic E-state index is 0.0823. The largest absolute Gasteiger partial charge is 0.271 e. The van der Waals surface area contributed by atoms with Gasteiger partial charge in [-0.3, -0.25) is 11.3 Å². The summed E-state index contributed by atoms with van der Waals surface area (Å²) in [7, 11) is 0. The summed E-state index contributed by atoms with van der Waals surface area (Å²) in [6.07, 6.45) is 1.89. The topological polar surface area (TPSA) is 38.0 Å². The summed E-state index contributed by atoms with van der Waals surface area (Å²) in [6.45, 7) is 0. The average molecular weight is 261 g/mol. The SMILES string of the molecule is NNC(CCc1ccccc1)c1ccccc1Cl. The summed E-state index contributed by atoms with van der Waals surface area (Å²) in [5.74, 6) is 5.63. The highest BCUT2D eigenvalue weighted by atomic mass is 35.5. The van der Waals surface area contributed by atoms with Crippen LogP contribution in [0.25, 0.3) is 0 Å². The smallest absolute Gasteiger partial charge is 0.0477 e. The number of hydrazine groups is 1. The summed E-state index contributed by atoms with van der Waals surface area (Å²) in [5, 5.41) is 0.758. The molecule has 1 unspecified atom stereocenters. The molecule has 3 N–H and O–H groups in total. The lowest BCUT2D eigenvalue weighted by molar-refractivity contribution is 0.516. The number of rotatable bonds is 5. The van der Waals surface area contributed by atoms with Crippen LogP contribution in [0.15, 0.2) is 54.6 Å². The van der Waals surface area contributed by atoms with Gasteiger partial charge < -0.3 is 0 Å². The Morgan fingerprint density at radius 2 is 1.67 bits per heavy atom. The number of halogens is 1. The first-order valence-corrected chi connectivity index (χ1v) is 6.43. The van der Waals surface area contributed by atoms with Crippen molar-refractivity contribution in [3.8, 4) is 0 Å². The Morgan fingerprint density at radius 1 is 1.00 bits per heavy atom. The fraction of sp³-hybridized carbons (Fsp3) is 0.200. The molecule has 3 heteroatoms. The molecular weight excluding hydrogens is 244 g/mol. The van der Waals surface area contributed by atoms with E-state index in [0.717, 1.165) is 23.4 Å². The second-order valence-corrected chi connectivity index (χ2v) is 4.67. The van der Waals surface area contributed by atoms with Crippen LogP contribution in [0.3, 0.4) is 0 Å². The van der Waals surface area contributed by atoms with Crippen LogP contribution in [0.1, 0.15) is 23.6 Å². The molecule has 1 atom stereocenters. The van der Waals surface area contributed by atoms with Gasteiger partial charge in [0.25, 0.3) is 0 Å². The minimum atomic E-state index is 0.0823. The van der Waals surface area contributed by atoms with Gasteiger partial charge in [-0.25, -0.2) is 0 Å². The van der Waals surface area contributed by atoms with Crippen LogP contribution < -0.4 is 11.3 Å². The number of nitrogens with two attached hydrogens (primary N) is 1. The predicted molar refractivity (Wildman–Crippen MR) is 76.3 cm³/mol. The maximum absolute atomic E-state index is 6.18. The van der Waals surface area contributed by atoms with E-state index in [4.69, 9.17) is 17.4 Å². The van der Waals surface area contributed by atoms with Crippen molar-refractivity contribution < 1.29 is 0 Å². The number of hydrogen-bond acceptors (Lipinski definition) is 2. The summed E-state index contributed by atoms with van der Waals surface area (Å²) >= 11 is 6.18. The van der Waals surface area contributed by atoms with Crippen LogP contribution >= 0.6 is 11.6 Å². The van der Waals surface area contributed by atoms with E-state index in [1.165, 1.54) is 5.56 Å². The molecule has 0 amide bonds. The minimum Gasteiger partial charge on any atom is -0.271 e. The first-order valence-electron chi connectivity index (χ1n) is 6.05. The van der Waals surface area contributed by atoms with Gasteiger partial charge in [-0.15, -0.1) is 0 Å². The van der Waals surface area contributed by atoms with Crippen LogP contribution in [0.4, 0.5) is 0 Å². The van der Waals surface area contributed by atoms with Gasteiger partial charge >= 0.3 is 0 Å². The number of hydrogen-bond donors (Lipinski definition) is 2. The highest BCUT2D eigenvalue weighted by Gasteiger charge is 2.12. The zero-order valence-electron chi connectivity index (χ0n) is 10.1. The molecule has 2 aromatic rings. The van der Waals surface area contributed by atoms with Crippen LogP contribution in [-0.4, -0.2) is 0 Å². The molecule has 0 saturated carbocycles. The molecule has 0 bridgehead atoms. The third-order valence-corrected chi connectivity index (χ3v) is 3.39. The molecule has 0 radical (unpaired) electrons. The van der Waals surface area contributed by atoms with Gasteiger partial charge in [-0.2, -0.15) is 0 Å². The molecule has 18 heavy (non-hydrogen) atoms. The van der Waals surface area contributed by atoms with E-state index >= 15 is 0 Å². The molecule has 0 fully saturated rings. The van der Waals surface area contributed by atoms with Crippen molar-refractivity contribution in [3.63, 3.8) is 0 Å². The Balaban J connectivity index is 2.04. The molecule has 2 aromatic carbocycles. The second-order valence-electron chi connectivity index (χ2n) is 4.27. The highest BCUT2D eigenvalue weighted by Crippen LogP contribution is 2.25. The van der Waals surface area contributed by atoms with E-state index in [1.54, 1.807) is 0 Å². The Hall–Kier alpha value is -1.35. The molecule has 0 saturated heterocycles. The first kappa shape index (κ1) is 13.1. The van der Waals surface area contributed by atoms with Gasteiger partial charge in [0.1, 0.15) is 0 Å². The molecule has 2 nitrogen and oxygen atoms in total. The number of nitrogens with one attached hydrogen (secondary N) is 1. The fourth-order valence-electron chi connectivity index (χ4n) is 2.04. The average Bonchev–Trinajstić information content (AvgIpc) is 2.42. The van der Waals surface area contributed by atoms with Crippen molar-refractivity contribution in [2.45, 2.75) is 18.9 Å². The van der Waals surface area contributed by atoms with E-state index in [2.05, 4.69) is 29.7 Å². The maximum Gasteiger partial charge on any atom is 0.0477 e. The molecule has 0 aliphatic rings. The molecular formula is C15H17ClN2. The van der Waals surface area contributed by atoms with E-state index in [-0.39, 0.29) is 6.04 Å². The molecule has 0 aliphatic heterocycles. The van der Waals surface area contributed by atoms with Crippen molar-refractivity contribution in [2.75, 3.05) is 0 Å². The van der Waals surface area contributed by atoms with Gasteiger partial charge in [0.15, 0.2) is 0 Å². The van der Waals surface area contributed by atoms with E-state index in [9.17, 15) is 0 Å². The van der Waals surface area contributed by atoms with E-state index < -0.39 is 0 Å². The quantitative estimate of drug-likeness (QED) is 0.638. The Morgan fingerprint density at radius 3 is 2.33 bits per heavy atom. The lowest BCUT2D eigenvalue weighted by Gasteiger charge is -2.17. The van der Waals surface area contributed by atoms with Gasteiger partial charge in [-0.1, -0.05) is 60.1 Å². The monoisotopic (exact) mass is 260 g/mol. The molecule has 0 aliphatic carbocycles. The summed E-state index contributed by atoms with van der Waals surface area (Å²) < 4.78 is 0. The lowest BCUT2D eigenvalue weighted by Crippen LogP contribution is -2.28. The van der Waals surface area contributed by atoms with E-state index in [1.807, 2.05) is 30.3 Å². The summed E-state index contributed by atoms with van der Waals surface area (Å²) in [6, 6.07) is 18.3. The molecule has 0 heterocycles. The number of benzene rings is 2. The standard InChI is InChI=1S/C15H17ClN2/c16-14-9-5-4-8-13(14)15(18-17)11-10-12-6-2-1-3-7-12/h1-9,15,18H,10-11,17H2. The lowest BCUT2D eigenvalue weighted by atomic mass is 9.99. The van der Waals surface area contributed by atoms with Crippen LogP contribution in [0.5, 0.6) is 0 Å². The van der Waals surface area contributed by atoms with Crippen molar-refractivity contribution in [1.29, 1.82) is 0 Å². The Bertz CT molecular complexity index is 485. The van der Waals surface area contributed by atoms with Gasteiger partial charge in [0.05, 0.1) is 0 Å². The second kappa shape index (κ2) is 6.55.